The summed E-state index contributed by atoms with van der Waals surface area (Å²) in [5, 5.41) is 3.25. The second kappa shape index (κ2) is 5.16. The fourth-order valence-electron chi connectivity index (χ4n) is 2.37. The lowest BCUT2D eigenvalue weighted by Gasteiger charge is -2.18. The van der Waals surface area contributed by atoms with Crippen LogP contribution in [0.2, 0.25) is 5.02 Å². The number of halogens is 3. The van der Waals surface area contributed by atoms with Crippen molar-refractivity contribution < 1.29 is 4.79 Å². The van der Waals surface area contributed by atoms with Crippen molar-refractivity contribution >= 4 is 46.5 Å². The zero-order valence-corrected chi connectivity index (χ0v) is 13.1. The van der Waals surface area contributed by atoms with Gasteiger partial charge >= 0.3 is 0 Å². The largest absolute Gasteiger partial charge is 0.310 e. The molecule has 1 amide bonds. The van der Waals surface area contributed by atoms with E-state index < -0.39 is 9.75 Å². The first-order valence-corrected chi connectivity index (χ1v) is 7.45. The summed E-state index contributed by atoms with van der Waals surface area (Å²) in [5.41, 5.74) is -0.153. The van der Waals surface area contributed by atoms with Crippen molar-refractivity contribution in [3.8, 4) is 0 Å². The summed E-state index contributed by atoms with van der Waals surface area (Å²) in [6.45, 7) is 0. The smallest absolute Gasteiger partial charge is 0.239 e. The summed E-state index contributed by atoms with van der Waals surface area (Å²) < 4.78 is -1.11. The van der Waals surface area contributed by atoms with Crippen LogP contribution < -0.4 is 5.32 Å². The minimum absolute atomic E-state index is 0.270. The number of pyridine rings is 1. The van der Waals surface area contributed by atoms with Crippen molar-refractivity contribution in [2.45, 2.75) is 16.2 Å². The number of amides is 1. The molecule has 6 heteroatoms. The molecule has 108 valence electrons. The van der Waals surface area contributed by atoms with Crippen LogP contribution in [0.15, 0.2) is 48.7 Å². The van der Waals surface area contributed by atoms with E-state index in [0.717, 1.165) is 5.56 Å². The van der Waals surface area contributed by atoms with Gasteiger partial charge in [0, 0.05) is 12.6 Å². The quantitative estimate of drug-likeness (QED) is 0.851. The standard InChI is InChI=1S/C15H11Cl3N2O/c16-11-6-7-12(19-8-11)20-13(21)14(9-15(14,17)18)10-4-2-1-3-5-10/h1-8H,9H2,(H,19,20,21). The first-order valence-electron chi connectivity index (χ1n) is 6.32. The second-order valence-electron chi connectivity index (χ2n) is 4.97. The molecule has 0 spiro atoms. The maximum Gasteiger partial charge on any atom is 0.239 e. The first-order chi connectivity index (χ1) is 9.96. The molecular formula is C15H11Cl3N2O. The number of benzene rings is 1. The molecule has 0 aliphatic heterocycles. The van der Waals surface area contributed by atoms with E-state index in [4.69, 9.17) is 34.8 Å². The van der Waals surface area contributed by atoms with Gasteiger partial charge in [-0.3, -0.25) is 4.79 Å². The van der Waals surface area contributed by atoms with Gasteiger partial charge in [-0.15, -0.1) is 23.2 Å². The molecule has 1 saturated carbocycles. The molecule has 1 heterocycles. The molecule has 1 aliphatic rings. The van der Waals surface area contributed by atoms with Gasteiger partial charge in [0.05, 0.1) is 5.02 Å². The van der Waals surface area contributed by atoms with Crippen LogP contribution in [-0.4, -0.2) is 15.2 Å². The predicted molar refractivity (Wildman–Crippen MR) is 85.1 cm³/mol. The molecule has 1 N–H and O–H groups in total. The highest BCUT2D eigenvalue weighted by molar-refractivity contribution is 6.54. The van der Waals surface area contributed by atoms with Crippen molar-refractivity contribution in [1.82, 2.24) is 4.98 Å². The van der Waals surface area contributed by atoms with Crippen LogP contribution >= 0.6 is 34.8 Å². The zero-order valence-electron chi connectivity index (χ0n) is 10.8. The van der Waals surface area contributed by atoms with Crippen molar-refractivity contribution in [2.75, 3.05) is 5.32 Å². The second-order valence-corrected chi connectivity index (χ2v) is 6.89. The van der Waals surface area contributed by atoms with Gasteiger partial charge in [0.15, 0.2) is 0 Å². The topological polar surface area (TPSA) is 42.0 Å². The third-order valence-electron chi connectivity index (χ3n) is 3.61. The van der Waals surface area contributed by atoms with Gasteiger partial charge in [0.25, 0.3) is 0 Å². The van der Waals surface area contributed by atoms with E-state index in [1.807, 2.05) is 30.3 Å². The van der Waals surface area contributed by atoms with Crippen LogP contribution in [0.3, 0.4) is 0 Å². The van der Waals surface area contributed by atoms with Crippen molar-refractivity contribution in [3.05, 3.63) is 59.2 Å². The van der Waals surface area contributed by atoms with Gasteiger partial charge in [-0.25, -0.2) is 4.98 Å². The lowest BCUT2D eigenvalue weighted by Crippen LogP contribution is -2.32. The van der Waals surface area contributed by atoms with E-state index in [0.29, 0.717) is 17.3 Å². The summed E-state index contributed by atoms with van der Waals surface area (Å²) in [4.78, 5) is 16.7. The third-order valence-corrected chi connectivity index (χ3v) is 4.75. The zero-order chi connectivity index (χ0) is 15.1. The highest BCUT2D eigenvalue weighted by Crippen LogP contribution is 2.65. The van der Waals surface area contributed by atoms with Crippen LogP contribution in [0.5, 0.6) is 0 Å². The van der Waals surface area contributed by atoms with Crippen LogP contribution in [0, 0.1) is 0 Å². The Morgan fingerprint density at radius 2 is 1.81 bits per heavy atom. The number of hydrogen-bond acceptors (Lipinski definition) is 2. The van der Waals surface area contributed by atoms with Crippen LogP contribution in [0.25, 0.3) is 0 Å². The number of alkyl halides is 2. The Labute approximate surface area is 137 Å². The fraction of sp³-hybridized carbons (Fsp3) is 0.200. The minimum atomic E-state index is -1.11. The van der Waals surface area contributed by atoms with Crippen molar-refractivity contribution in [3.63, 3.8) is 0 Å². The normalized spacial score (nSPS) is 22.6. The molecule has 1 fully saturated rings. The highest BCUT2D eigenvalue weighted by atomic mass is 35.5. The minimum Gasteiger partial charge on any atom is -0.310 e. The van der Waals surface area contributed by atoms with Gasteiger partial charge in [0.2, 0.25) is 5.91 Å². The molecule has 3 nitrogen and oxygen atoms in total. The summed E-state index contributed by atoms with van der Waals surface area (Å²) >= 11 is 18.3. The van der Waals surface area contributed by atoms with Gasteiger partial charge in [-0.2, -0.15) is 0 Å². The van der Waals surface area contributed by atoms with E-state index >= 15 is 0 Å². The summed E-state index contributed by atoms with van der Waals surface area (Å²) in [6, 6.07) is 12.6. The molecule has 3 rings (SSSR count). The fourth-order valence-corrected chi connectivity index (χ4v) is 3.28. The highest BCUT2D eigenvalue weighted by Gasteiger charge is 2.72. The third kappa shape index (κ3) is 2.50. The van der Waals surface area contributed by atoms with E-state index in [9.17, 15) is 4.79 Å². The first kappa shape index (κ1) is 14.6. The number of rotatable bonds is 3. The number of anilines is 1. The maximum atomic E-state index is 12.6. The summed E-state index contributed by atoms with van der Waals surface area (Å²) in [5.74, 6) is 0.143. The van der Waals surface area contributed by atoms with Crippen molar-refractivity contribution in [2.24, 2.45) is 0 Å². The molecular weight excluding hydrogens is 331 g/mol. The Morgan fingerprint density at radius 1 is 1.14 bits per heavy atom. The Balaban J connectivity index is 1.89. The molecule has 1 aromatic carbocycles. The molecule has 2 aromatic rings. The molecule has 1 aromatic heterocycles. The van der Waals surface area contributed by atoms with E-state index in [1.165, 1.54) is 6.20 Å². The van der Waals surface area contributed by atoms with Crippen LogP contribution in [0.4, 0.5) is 5.82 Å². The lowest BCUT2D eigenvalue weighted by molar-refractivity contribution is -0.118. The van der Waals surface area contributed by atoms with Crippen LogP contribution in [0.1, 0.15) is 12.0 Å². The Bertz CT molecular complexity index is 673. The molecule has 0 saturated heterocycles. The molecule has 0 radical (unpaired) electrons. The number of aromatic nitrogens is 1. The average molecular weight is 342 g/mol. The van der Waals surface area contributed by atoms with Gasteiger partial charge < -0.3 is 5.32 Å². The Morgan fingerprint density at radius 3 is 2.33 bits per heavy atom. The van der Waals surface area contributed by atoms with Crippen molar-refractivity contribution in [1.29, 1.82) is 0 Å². The lowest BCUT2D eigenvalue weighted by atomic mass is 9.95. The number of nitrogens with zero attached hydrogens (tertiary/aromatic N) is 1. The molecule has 1 aliphatic carbocycles. The van der Waals surface area contributed by atoms with Gasteiger partial charge in [-0.1, -0.05) is 41.9 Å². The maximum absolute atomic E-state index is 12.6. The number of carbonyl (C=O) groups excluding carboxylic acids is 1. The number of hydrogen-bond donors (Lipinski definition) is 1. The predicted octanol–water partition coefficient (Wildman–Crippen LogP) is 4.19. The monoisotopic (exact) mass is 340 g/mol. The van der Waals surface area contributed by atoms with Gasteiger partial charge in [0.1, 0.15) is 15.6 Å². The van der Waals surface area contributed by atoms with Crippen LogP contribution in [-0.2, 0) is 10.2 Å². The molecule has 21 heavy (non-hydrogen) atoms. The Hall–Kier alpha value is -1.29. The van der Waals surface area contributed by atoms with Gasteiger partial charge in [-0.05, 0) is 17.7 Å². The molecule has 1 atom stereocenters. The molecule has 1 unspecified atom stereocenters. The number of nitrogens with one attached hydrogen (secondary N) is 1. The Kier molecular flexibility index (Phi) is 3.60. The van der Waals surface area contributed by atoms with E-state index in [2.05, 4.69) is 10.3 Å². The molecule has 0 bridgehead atoms. The van der Waals surface area contributed by atoms with E-state index in [-0.39, 0.29) is 5.91 Å². The summed E-state index contributed by atoms with van der Waals surface area (Å²) in [6.07, 6.45) is 1.83. The number of carbonyl (C=O) groups is 1. The average Bonchev–Trinajstić information content (AvgIpc) is 3.07. The van der Waals surface area contributed by atoms with E-state index in [1.54, 1.807) is 12.1 Å². The SMILES string of the molecule is O=C(Nc1ccc(Cl)cn1)C1(c2ccccc2)CC1(Cl)Cl. The summed E-state index contributed by atoms with van der Waals surface area (Å²) in [7, 11) is 0.